The predicted molar refractivity (Wildman–Crippen MR) is 73.2 cm³/mol. The van der Waals surface area contributed by atoms with E-state index in [1.807, 2.05) is 4.90 Å². The quantitative estimate of drug-likeness (QED) is 0.909. The zero-order valence-corrected chi connectivity index (χ0v) is 12.2. The van der Waals surface area contributed by atoms with Crippen molar-refractivity contribution in [2.24, 2.45) is 5.73 Å². The highest BCUT2D eigenvalue weighted by molar-refractivity contribution is 9.10. The Kier molecular flexibility index (Phi) is 3.84. The van der Waals surface area contributed by atoms with Gasteiger partial charge in [-0.25, -0.2) is 0 Å². The molecule has 6 heteroatoms. The van der Waals surface area contributed by atoms with Crippen molar-refractivity contribution in [1.29, 1.82) is 0 Å². The van der Waals surface area contributed by atoms with E-state index in [-0.39, 0.29) is 5.54 Å². The van der Waals surface area contributed by atoms with Crippen LogP contribution >= 0.6 is 15.9 Å². The van der Waals surface area contributed by atoms with Gasteiger partial charge in [0.2, 0.25) is 0 Å². The van der Waals surface area contributed by atoms with Crippen LogP contribution in [0.4, 0.5) is 18.9 Å². The average Bonchev–Trinajstić information content (AvgIpc) is 2.25. The Bertz CT molecular complexity index is 467. The van der Waals surface area contributed by atoms with Crippen molar-refractivity contribution in [2.75, 3.05) is 18.0 Å². The van der Waals surface area contributed by atoms with Crippen molar-refractivity contribution >= 4 is 21.6 Å². The predicted octanol–water partition coefficient (Wildman–Crippen LogP) is 3.79. The Balaban J connectivity index is 2.12. The molecule has 0 amide bonds. The van der Waals surface area contributed by atoms with Crippen LogP contribution in [0, 0.1) is 0 Å². The first-order valence-corrected chi connectivity index (χ1v) is 6.95. The summed E-state index contributed by atoms with van der Waals surface area (Å²) in [4.78, 5) is 2.00. The van der Waals surface area contributed by atoms with E-state index in [1.54, 1.807) is 0 Å². The highest BCUT2D eigenvalue weighted by atomic mass is 79.9. The number of halogens is 4. The number of hydrogen-bond acceptors (Lipinski definition) is 2. The summed E-state index contributed by atoms with van der Waals surface area (Å²) in [5, 5.41) is 0. The maximum absolute atomic E-state index is 12.6. The second kappa shape index (κ2) is 4.98. The van der Waals surface area contributed by atoms with Crippen LogP contribution in [0.2, 0.25) is 0 Å². The molecule has 106 valence electrons. The molecule has 2 rings (SSSR count). The maximum atomic E-state index is 12.6. The summed E-state index contributed by atoms with van der Waals surface area (Å²) in [6.07, 6.45) is -2.36. The van der Waals surface area contributed by atoms with Crippen molar-refractivity contribution in [3.8, 4) is 0 Å². The van der Waals surface area contributed by atoms with Crippen LogP contribution in [0.1, 0.15) is 25.3 Å². The van der Waals surface area contributed by atoms with Crippen LogP contribution in [0.5, 0.6) is 0 Å². The van der Waals surface area contributed by atoms with E-state index in [0.29, 0.717) is 17.6 Å². The molecule has 0 unspecified atom stereocenters. The molecule has 2 N–H and O–H groups in total. The minimum absolute atomic E-state index is 0.198. The first-order chi connectivity index (χ1) is 8.75. The Morgan fingerprint density at radius 1 is 1.37 bits per heavy atom. The number of benzene rings is 1. The van der Waals surface area contributed by atoms with Gasteiger partial charge in [-0.05, 0) is 40.5 Å². The van der Waals surface area contributed by atoms with Crippen molar-refractivity contribution in [2.45, 2.75) is 31.5 Å². The van der Waals surface area contributed by atoms with E-state index < -0.39 is 11.7 Å². The van der Waals surface area contributed by atoms with Crippen LogP contribution in [0.3, 0.4) is 0 Å². The van der Waals surface area contributed by atoms with Gasteiger partial charge in [-0.1, -0.05) is 13.3 Å². The number of hydrogen-bond donors (Lipinski definition) is 1. The van der Waals surface area contributed by atoms with E-state index in [2.05, 4.69) is 22.9 Å². The first-order valence-electron chi connectivity index (χ1n) is 6.16. The number of alkyl halides is 3. The normalized spacial score (nSPS) is 18.3. The standard InChI is InChI=1S/C13H16BrF3N2/c1-2-5-12(18)7-19(8-12)11-4-3-9(6-10(11)14)13(15,16)17/h3-4,6H,2,5,7-8,18H2,1H3. The summed E-state index contributed by atoms with van der Waals surface area (Å²) in [5.74, 6) is 0. The molecule has 0 aromatic heterocycles. The third kappa shape index (κ3) is 3.05. The number of rotatable bonds is 3. The molecule has 1 aliphatic heterocycles. The average molecular weight is 337 g/mol. The topological polar surface area (TPSA) is 29.3 Å². The molecule has 1 aromatic carbocycles. The summed E-state index contributed by atoms with van der Waals surface area (Å²) in [7, 11) is 0. The molecule has 0 bridgehead atoms. The Morgan fingerprint density at radius 3 is 2.47 bits per heavy atom. The largest absolute Gasteiger partial charge is 0.416 e. The number of anilines is 1. The number of nitrogens with zero attached hydrogens (tertiary/aromatic N) is 1. The second-order valence-corrected chi connectivity index (χ2v) is 5.99. The minimum atomic E-state index is -4.31. The molecule has 1 fully saturated rings. The molecular weight excluding hydrogens is 321 g/mol. The second-order valence-electron chi connectivity index (χ2n) is 5.13. The lowest BCUT2D eigenvalue weighted by Gasteiger charge is -2.49. The summed E-state index contributed by atoms with van der Waals surface area (Å²) >= 11 is 3.21. The van der Waals surface area contributed by atoms with Crippen molar-refractivity contribution < 1.29 is 13.2 Å². The molecule has 0 aliphatic carbocycles. The molecule has 1 saturated heterocycles. The lowest BCUT2D eigenvalue weighted by atomic mass is 9.86. The zero-order valence-electron chi connectivity index (χ0n) is 10.6. The fourth-order valence-corrected chi connectivity index (χ4v) is 3.11. The third-order valence-corrected chi connectivity index (χ3v) is 4.01. The summed E-state index contributed by atoms with van der Waals surface area (Å²) in [6, 6.07) is 3.72. The smallest absolute Gasteiger partial charge is 0.367 e. The summed E-state index contributed by atoms with van der Waals surface area (Å²) in [6.45, 7) is 3.45. The van der Waals surface area contributed by atoms with Gasteiger partial charge in [-0.15, -0.1) is 0 Å². The SMILES string of the molecule is CCCC1(N)CN(c2ccc(C(F)(F)F)cc2Br)C1. The first kappa shape index (κ1) is 14.7. The van der Waals surface area contributed by atoms with Gasteiger partial charge in [-0.2, -0.15) is 13.2 Å². The molecule has 0 radical (unpaired) electrons. The van der Waals surface area contributed by atoms with Crippen molar-refractivity contribution in [3.63, 3.8) is 0 Å². The van der Waals surface area contributed by atoms with E-state index >= 15 is 0 Å². The van der Waals surface area contributed by atoms with Gasteiger partial charge in [0.1, 0.15) is 0 Å². The summed E-state index contributed by atoms with van der Waals surface area (Å²) < 4.78 is 38.2. The third-order valence-electron chi connectivity index (χ3n) is 3.38. The molecule has 19 heavy (non-hydrogen) atoms. The Hall–Kier alpha value is -0.750. The van der Waals surface area contributed by atoms with Gasteiger partial charge < -0.3 is 10.6 Å². The van der Waals surface area contributed by atoms with E-state index in [9.17, 15) is 13.2 Å². The molecular formula is C13H16BrF3N2. The zero-order chi connectivity index (χ0) is 14.3. The van der Waals surface area contributed by atoms with Gasteiger partial charge in [-0.3, -0.25) is 0 Å². The fraction of sp³-hybridized carbons (Fsp3) is 0.538. The molecule has 0 saturated carbocycles. The molecule has 1 heterocycles. The molecule has 1 aliphatic rings. The number of nitrogens with two attached hydrogens (primary N) is 1. The monoisotopic (exact) mass is 336 g/mol. The van der Waals surface area contributed by atoms with E-state index in [1.165, 1.54) is 6.07 Å². The van der Waals surface area contributed by atoms with Crippen LogP contribution in [-0.2, 0) is 6.18 Å². The molecule has 0 spiro atoms. The van der Waals surface area contributed by atoms with E-state index in [4.69, 9.17) is 5.73 Å². The lowest BCUT2D eigenvalue weighted by Crippen LogP contribution is -2.67. The van der Waals surface area contributed by atoms with Crippen molar-refractivity contribution in [3.05, 3.63) is 28.2 Å². The van der Waals surface area contributed by atoms with Crippen LogP contribution in [-0.4, -0.2) is 18.6 Å². The highest BCUT2D eigenvalue weighted by Crippen LogP contribution is 2.38. The Morgan fingerprint density at radius 2 is 2.00 bits per heavy atom. The maximum Gasteiger partial charge on any atom is 0.416 e. The molecule has 0 atom stereocenters. The van der Waals surface area contributed by atoms with Gasteiger partial charge in [0.15, 0.2) is 0 Å². The molecule has 2 nitrogen and oxygen atoms in total. The van der Waals surface area contributed by atoms with Gasteiger partial charge in [0.25, 0.3) is 0 Å². The summed E-state index contributed by atoms with van der Waals surface area (Å²) in [5.41, 5.74) is 6.08. The highest BCUT2D eigenvalue weighted by Gasteiger charge is 2.39. The van der Waals surface area contributed by atoms with Crippen molar-refractivity contribution in [1.82, 2.24) is 0 Å². The van der Waals surface area contributed by atoms with Gasteiger partial charge >= 0.3 is 6.18 Å². The molecule has 1 aromatic rings. The van der Waals surface area contributed by atoms with Crippen LogP contribution in [0.15, 0.2) is 22.7 Å². The fourth-order valence-electron chi connectivity index (χ4n) is 2.48. The van der Waals surface area contributed by atoms with Crippen LogP contribution < -0.4 is 10.6 Å². The van der Waals surface area contributed by atoms with Gasteiger partial charge in [0, 0.05) is 17.6 Å². The van der Waals surface area contributed by atoms with Gasteiger partial charge in [0.05, 0.1) is 16.8 Å². The minimum Gasteiger partial charge on any atom is -0.367 e. The lowest BCUT2D eigenvalue weighted by molar-refractivity contribution is -0.137. The Labute approximate surface area is 118 Å². The van der Waals surface area contributed by atoms with E-state index in [0.717, 1.165) is 30.7 Å². The van der Waals surface area contributed by atoms with Crippen LogP contribution in [0.25, 0.3) is 0 Å².